The number of hydrogen-bond acceptors (Lipinski definition) is 5. The molecule has 1 aromatic heterocycles. The maximum atomic E-state index is 13.3. The number of likely N-dealkylation sites (tertiary alicyclic amines) is 1. The van der Waals surface area contributed by atoms with Crippen LogP contribution in [0.2, 0.25) is 0 Å². The van der Waals surface area contributed by atoms with E-state index in [1.54, 1.807) is 6.07 Å². The van der Waals surface area contributed by atoms with Gasteiger partial charge in [0, 0.05) is 18.2 Å². The van der Waals surface area contributed by atoms with Gasteiger partial charge in [-0.25, -0.2) is 4.39 Å². The second kappa shape index (κ2) is 8.56. The minimum atomic E-state index is -0.430. The van der Waals surface area contributed by atoms with Crippen LogP contribution in [0, 0.1) is 11.7 Å². The van der Waals surface area contributed by atoms with Gasteiger partial charge in [0.25, 0.3) is 5.91 Å². The first-order chi connectivity index (χ1) is 13.0. The maximum absolute atomic E-state index is 13.3. The predicted molar refractivity (Wildman–Crippen MR) is 102 cm³/mol. The first kappa shape index (κ1) is 19.4. The summed E-state index contributed by atoms with van der Waals surface area (Å²) in [5.74, 6) is -0.676. The zero-order chi connectivity index (χ0) is 19.4. The molecule has 27 heavy (non-hydrogen) atoms. The number of nitrogens with zero attached hydrogens (tertiary/aromatic N) is 3. The summed E-state index contributed by atoms with van der Waals surface area (Å²) in [6.07, 6.45) is 3.37. The Morgan fingerprint density at radius 1 is 1.33 bits per heavy atom. The Labute approximate surface area is 161 Å². The fraction of sp³-hybridized carbons (Fsp3) is 0.474. The van der Waals surface area contributed by atoms with Crippen LogP contribution in [-0.2, 0) is 4.79 Å². The highest BCUT2D eigenvalue weighted by atomic mass is 32.1. The topological polar surface area (TPSA) is 75.2 Å². The Kier molecular flexibility index (Phi) is 6.15. The Hall–Kier alpha value is -2.35. The number of hydrogen-bond donors (Lipinski definition) is 1. The lowest BCUT2D eigenvalue weighted by Gasteiger charge is -2.26. The first-order valence-electron chi connectivity index (χ1n) is 9.24. The van der Waals surface area contributed by atoms with Gasteiger partial charge in [0.15, 0.2) is 0 Å². The summed E-state index contributed by atoms with van der Waals surface area (Å²) >= 11 is 1.19. The van der Waals surface area contributed by atoms with Crippen molar-refractivity contribution in [3.05, 3.63) is 40.1 Å². The summed E-state index contributed by atoms with van der Waals surface area (Å²) in [5.41, 5.74) is 0.364. The molecule has 0 radical (unpaired) electrons. The fourth-order valence-electron chi connectivity index (χ4n) is 3.37. The Balaban J connectivity index is 1.72. The number of carbonyl (C=O) groups is 2. The van der Waals surface area contributed by atoms with Crippen LogP contribution in [0.5, 0.6) is 0 Å². The van der Waals surface area contributed by atoms with Crippen LogP contribution in [0.25, 0.3) is 0 Å². The van der Waals surface area contributed by atoms with E-state index in [0.717, 1.165) is 25.7 Å². The van der Waals surface area contributed by atoms with Crippen molar-refractivity contribution in [1.82, 2.24) is 15.1 Å². The molecule has 2 amide bonds. The Morgan fingerprint density at radius 2 is 2.11 bits per heavy atom. The van der Waals surface area contributed by atoms with Gasteiger partial charge < -0.3 is 10.2 Å². The lowest BCUT2D eigenvalue weighted by Crippen LogP contribution is -2.35. The third-order valence-corrected chi connectivity index (χ3v) is 5.90. The SMILES string of the molecule is CCC(CC)C(=O)N1CCCC1c1nnc(C(=O)Nc2cccc(F)c2)s1. The summed E-state index contributed by atoms with van der Waals surface area (Å²) in [7, 11) is 0. The van der Waals surface area contributed by atoms with Gasteiger partial charge in [-0.1, -0.05) is 31.3 Å². The minimum Gasteiger partial charge on any atom is -0.333 e. The zero-order valence-corrected chi connectivity index (χ0v) is 16.3. The van der Waals surface area contributed by atoms with E-state index in [4.69, 9.17) is 0 Å². The van der Waals surface area contributed by atoms with E-state index >= 15 is 0 Å². The predicted octanol–water partition coefficient (Wildman–Crippen LogP) is 4.03. The highest BCUT2D eigenvalue weighted by molar-refractivity contribution is 7.13. The fourth-order valence-corrected chi connectivity index (χ4v) is 4.26. The molecule has 0 spiro atoms. The number of aromatic nitrogens is 2. The van der Waals surface area contributed by atoms with Gasteiger partial charge in [-0.3, -0.25) is 9.59 Å². The van der Waals surface area contributed by atoms with Gasteiger partial charge in [-0.15, -0.1) is 10.2 Å². The molecule has 0 aliphatic carbocycles. The van der Waals surface area contributed by atoms with Crippen molar-refractivity contribution in [3.63, 3.8) is 0 Å². The van der Waals surface area contributed by atoms with Crippen molar-refractivity contribution < 1.29 is 14.0 Å². The van der Waals surface area contributed by atoms with Gasteiger partial charge in [-0.2, -0.15) is 0 Å². The van der Waals surface area contributed by atoms with E-state index in [9.17, 15) is 14.0 Å². The van der Waals surface area contributed by atoms with Gasteiger partial charge >= 0.3 is 0 Å². The van der Waals surface area contributed by atoms with E-state index in [-0.39, 0.29) is 22.9 Å². The van der Waals surface area contributed by atoms with Crippen LogP contribution in [0.1, 0.15) is 60.4 Å². The second-order valence-corrected chi connectivity index (χ2v) is 7.62. The van der Waals surface area contributed by atoms with Crippen molar-refractivity contribution >= 4 is 28.8 Å². The molecule has 1 aliphatic heterocycles. The molecule has 1 saturated heterocycles. The van der Waals surface area contributed by atoms with E-state index in [0.29, 0.717) is 17.2 Å². The number of anilines is 1. The summed E-state index contributed by atoms with van der Waals surface area (Å²) in [6.45, 7) is 4.76. The third-order valence-electron chi connectivity index (χ3n) is 4.87. The van der Waals surface area contributed by atoms with Gasteiger partial charge in [0.05, 0.1) is 6.04 Å². The molecule has 8 heteroatoms. The molecule has 0 saturated carbocycles. The highest BCUT2D eigenvalue weighted by Gasteiger charge is 2.35. The molecule has 1 N–H and O–H groups in total. The van der Waals surface area contributed by atoms with Gasteiger partial charge in [-0.05, 0) is 43.9 Å². The molecule has 0 bridgehead atoms. The molecule has 2 heterocycles. The maximum Gasteiger partial charge on any atom is 0.286 e. The number of rotatable bonds is 6. The second-order valence-electron chi connectivity index (χ2n) is 6.61. The standard InChI is InChI=1S/C19H23FN4O2S/c1-3-12(4-2)19(26)24-10-6-9-15(24)17-22-23-18(27-17)16(25)21-14-8-5-7-13(20)11-14/h5,7-8,11-12,15H,3-4,6,9-10H2,1-2H3,(H,21,25). The molecule has 1 aliphatic rings. The van der Waals surface area contributed by atoms with Crippen molar-refractivity contribution in [2.45, 2.75) is 45.6 Å². The zero-order valence-electron chi connectivity index (χ0n) is 15.4. The van der Waals surface area contributed by atoms with Gasteiger partial charge in [0.1, 0.15) is 10.8 Å². The van der Waals surface area contributed by atoms with E-state index in [1.807, 2.05) is 18.7 Å². The molecule has 2 aromatic rings. The molecule has 3 rings (SSSR count). The summed E-state index contributed by atoms with van der Waals surface area (Å²) in [4.78, 5) is 27.0. The quantitative estimate of drug-likeness (QED) is 0.808. The van der Waals surface area contributed by atoms with Crippen LogP contribution in [0.15, 0.2) is 24.3 Å². The molecule has 1 aromatic carbocycles. The van der Waals surface area contributed by atoms with Crippen molar-refractivity contribution in [1.29, 1.82) is 0 Å². The van der Waals surface area contributed by atoms with Gasteiger partial charge in [0.2, 0.25) is 10.9 Å². The van der Waals surface area contributed by atoms with Crippen LogP contribution in [0.3, 0.4) is 0 Å². The van der Waals surface area contributed by atoms with E-state index in [1.165, 1.54) is 29.5 Å². The third kappa shape index (κ3) is 4.32. The molecular weight excluding hydrogens is 367 g/mol. The number of halogens is 1. The smallest absolute Gasteiger partial charge is 0.286 e. The lowest BCUT2D eigenvalue weighted by molar-refractivity contribution is -0.136. The highest BCUT2D eigenvalue weighted by Crippen LogP contribution is 2.35. The molecule has 1 atom stereocenters. The summed E-state index contributed by atoms with van der Waals surface area (Å²) < 4.78 is 13.3. The van der Waals surface area contributed by atoms with Crippen LogP contribution < -0.4 is 5.32 Å². The van der Waals surface area contributed by atoms with E-state index in [2.05, 4.69) is 15.5 Å². The first-order valence-corrected chi connectivity index (χ1v) is 10.1. The average molecular weight is 390 g/mol. The van der Waals surface area contributed by atoms with E-state index < -0.39 is 11.7 Å². The minimum absolute atomic E-state index is 0.0225. The van der Waals surface area contributed by atoms with Crippen LogP contribution in [0.4, 0.5) is 10.1 Å². The number of nitrogens with one attached hydrogen (secondary N) is 1. The summed E-state index contributed by atoms with van der Waals surface area (Å²) in [6, 6.07) is 5.56. The molecular formula is C19H23FN4O2S. The lowest BCUT2D eigenvalue weighted by atomic mass is 10.0. The van der Waals surface area contributed by atoms with Crippen molar-refractivity contribution in [3.8, 4) is 0 Å². The average Bonchev–Trinajstić information content (AvgIpc) is 3.32. The van der Waals surface area contributed by atoms with Crippen molar-refractivity contribution in [2.24, 2.45) is 5.92 Å². The number of benzene rings is 1. The molecule has 1 fully saturated rings. The Morgan fingerprint density at radius 3 is 2.81 bits per heavy atom. The number of carbonyl (C=O) groups excluding carboxylic acids is 2. The van der Waals surface area contributed by atoms with Crippen LogP contribution >= 0.6 is 11.3 Å². The largest absolute Gasteiger partial charge is 0.333 e. The Bertz CT molecular complexity index is 822. The summed E-state index contributed by atoms with van der Waals surface area (Å²) in [5, 5.41) is 11.6. The van der Waals surface area contributed by atoms with Crippen molar-refractivity contribution in [2.75, 3.05) is 11.9 Å². The molecule has 1 unspecified atom stereocenters. The molecule has 6 nitrogen and oxygen atoms in total. The number of amides is 2. The monoisotopic (exact) mass is 390 g/mol. The normalized spacial score (nSPS) is 16.7. The molecule has 144 valence electrons. The van der Waals surface area contributed by atoms with Crippen LogP contribution in [-0.4, -0.2) is 33.5 Å².